The molecule has 2 amide bonds. The fraction of sp³-hybridized carbons (Fsp3) is 0.381. The quantitative estimate of drug-likeness (QED) is 0.251. The van der Waals surface area contributed by atoms with Crippen molar-refractivity contribution in [3.05, 3.63) is 36.4 Å². The van der Waals surface area contributed by atoms with Crippen molar-refractivity contribution in [1.29, 1.82) is 0 Å². The van der Waals surface area contributed by atoms with Crippen LogP contribution in [-0.4, -0.2) is 66.6 Å². The van der Waals surface area contributed by atoms with E-state index in [1.54, 1.807) is 43.4 Å². The van der Waals surface area contributed by atoms with Gasteiger partial charge in [0.25, 0.3) is 0 Å². The molecule has 3 rings (SSSR count). The number of rotatable bonds is 7. The first-order chi connectivity index (χ1) is 15.8. The van der Waals surface area contributed by atoms with Crippen molar-refractivity contribution in [3.8, 4) is 5.75 Å². The summed E-state index contributed by atoms with van der Waals surface area (Å²) in [6, 6.07) is 10.0. The van der Waals surface area contributed by atoms with Crippen LogP contribution < -0.4 is 32.6 Å². The topological polar surface area (TPSA) is 191 Å². The Labute approximate surface area is 192 Å². The molecule has 2 aromatic rings. The van der Waals surface area contributed by atoms with Gasteiger partial charge in [-0.2, -0.15) is 0 Å². The molecule has 0 aliphatic carbocycles. The lowest BCUT2D eigenvalue weighted by Crippen LogP contribution is -2.38. The van der Waals surface area contributed by atoms with E-state index in [1.807, 2.05) is 0 Å². The highest BCUT2D eigenvalue weighted by molar-refractivity contribution is 5.91. The number of likely N-dealkylation sites (tertiary alicyclic amines) is 1. The molecule has 0 bridgehead atoms. The number of hydrogen-bond donors (Lipinski definition) is 6. The van der Waals surface area contributed by atoms with Crippen molar-refractivity contribution < 1.29 is 24.2 Å². The van der Waals surface area contributed by atoms with Crippen LogP contribution in [0.3, 0.4) is 0 Å². The van der Waals surface area contributed by atoms with Crippen molar-refractivity contribution >= 4 is 35.0 Å². The highest BCUT2D eigenvalue weighted by atomic mass is 16.7. The largest absolute Gasteiger partial charge is 0.455 e. The summed E-state index contributed by atoms with van der Waals surface area (Å²) < 4.78 is 10.3. The number of carbonyl (C=O) groups is 2. The van der Waals surface area contributed by atoms with E-state index in [9.17, 15) is 9.59 Å². The predicted molar refractivity (Wildman–Crippen MR) is 125 cm³/mol. The standard InChI is InChI=1S/C13H18N2O4.C8H13N5O/c14-11-5-1-2-6-12(11)18-9-19-13(17)15-7-3-4-10(15)8-16;1-11-4-7(14)12-6-3-2-5(9)8(10)13-6/h1-2,5-6,10,16H,3-4,7-9,14H2;2-3,11H,4,9H2,1H3,(H3,10,12,13,14). The van der Waals surface area contributed by atoms with Gasteiger partial charge in [-0.3, -0.25) is 4.79 Å². The number of nitrogens with zero attached hydrogens (tertiary/aromatic N) is 2. The molecular formula is C21H31N7O5. The Morgan fingerprint density at radius 3 is 2.61 bits per heavy atom. The van der Waals surface area contributed by atoms with Crippen LogP contribution in [0.2, 0.25) is 0 Å². The molecule has 2 heterocycles. The Morgan fingerprint density at radius 1 is 1.18 bits per heavy atom. The first kappa shape index (κ1) is 25.5. The van der Waals surface area contributed by atoms with Crippen LogP contribution in [0, 0.1) is 0 Å². The van der Waals surface area contributed by atoms with Crippen LogP contribution >= 0.6 is 0 Å². The number of carbonyl (C=O) groups excluding carboxylic acids is 2. The third-order valence-electron chi connectivity index (χ3n) is 4.70. The minimum atomic E-state index is -0.467. The molecule has 180 valence electrons. The average molecular weight is 462 g/mol. The van der Waals surface area contributed by atoms with Crippen molar-refractivity contribution in [2.24, 2.45) is 0 Å². The van der Waals surface area contributed by atoms with Gasteiger partial charge in [0.2, 0.25) is 12.7 Å². The average Bonchev–Trinajstić information content (AvgIpc) is 3.27. The number of ether oxygens (including phenoxy) is 2. The number of nitrogens with two attached hydrogens (primary N) is 3. The molecule has 1 aliphatic heterocycles. The second-order valence-electron chi connectivity index (χ2n) is 7.13. The Hall–Kier alpha value is -3.77. The number of aliphatic hydroxyl groups excluding tert-OH is 1. The van der Waals surface area contributed by atoms with Crippen LogP contribution in [0.5, 0.6) is 5.75 Å². The summed E-state index contributed by atoms with van der Waals surface area (Å²) in [6.45, 7) is 0.604. The number of pyridine rings is 1. The maximum atomic E-state index is 11.8. The first-order valence-corrected chi connectivity index (χ1v) is 10.3. The predicted octanol–water partition coefficient (Wildman–Crippen LogP) is 0.602. The van der Waals surface area contributed by atoms with Crippen LogP contribution in [-0.2, 0) is 9.53 Å². The normalized spacial score (nSPS) is 14.7. The number of nitrogen functional groups attached to an aromatic ring is 3. The van der Waals surface area contributed by atoms with Crippen LogP contribution in [0.1, 0.15) is 12.8 Å². The number of hydrogen-bond acceptors (Lipinski definition) is 10. The van der Waals surface area contributed by atoms with Gasteiger partial charge in [-0.1, -0.05) is 12.1 Å². The summed E-state index contributed by atoms with van der Waals surface area (Å²) in [7, 11) is 1.68. The highest BCUT2D eigenvalue weighted by Gasteiger charge is 2.29. The van der Waals surface area contributed by atoms with Crippen LogP contribution in [0.4, 0.5) is 27.8 Å². The van der Waals surface area contributed by atoms with E-state index in [0.29, 0.717) is 29.5 Å². The number of likely N-dealkylation sites (N-methyl/N-ethyl adjacent to an activating group) is 1. The second-order valence-corrected chi connectivity index (χ2v) is 7.13. The SMILES string of the molecule is CNCC(=O)Nc1ccc(N)c(N)n1.Nc1ccccc1OCOC(=O)N1CCCC1CO. The molecule has 1 fully saturated rings. The molecule has 1 atom stereocenters. The van der Waals surface area contributed by atoms with Crippen molar-refractivity contribution in [2.45, 2.75) is 18.9 Å². The van der Waals surface area contributed by atoms with Gasteiger partial charge in [-0.15, -0.1) is 0 Å². The minimum Gasteiger partial charge on any atom is -0.455 e. The number of aliphatic hydroxyl groups is 1. The summed E-state index contributed by atoms with van der Waals surface area (Å²) in [5.74, 6) is 0.920. The Balaban J connectivity index is 0.000000245. The highest BCUT2D eigenvalue weighted by Crippen LogP contribution is 2.21. The van der Waals surface area contributed by atoms with Gasteiger partial charge in [0.05, 0.1) is 30.6 Å². The third kappa shape index (κ3) is 8.01. The summed E-state index contributed by atoms with van der Waals surface area (Å²) >= 11 is 0. The Bertz CT molecular complexity index is 928. The fourth-order valence-electron chi connectivity index (χ4n) is 3.01. The zero-order valence-electron chi connectivity index (χ0n) is 18.5. The van der Waals surface area contributed by atoms with E-state index >= 15 is 0 Å². The lowest BCUT2D eigenvalue weighted by atomic mass is 10.2. The van der Waals surface area contributed by atoms with E-state index in [2.05, 4.69) is 15.6 Å². The fourth-order valence-corrected chi connectivity index (χ4v) is 3.01. The van der Waals surface area contributed by atoms with E-state index in [0.717, 1.165) is 12.8 Å². The number of benzene rings is 1. The Kier molecular flexibility index (Phi) is 9.99. The minimum absolute atomic E-state index is 0.0401. The number of nitrogens with one attached hydrogen (secondary N) is 2. The number of para-hydroxylation sites is 2. The number of amides is 2. The van der Waals surface area contributed by atoms with Crippen molar-refractivity contribution in [3.63, 3.8) is 0 Å². The third-order valence-corrected chi connectivity index (χ3v) is 4.70. The smallest absolute Gasteiger partial charge is 0.412 e. The molecule has 9 N–H and O–H groups in total. The molecule has 1 aromatic heterocycles. The van der Waals surface area contributed by atoms with Gasteiger partial charge < -0.3 is 47.3 Å². The van der Waals surface area contributed by atoms with E-state index in [-0.39, 0.29) is 37.7 Å². The molecule has 0 radical (unpaired) electrons. The monoisotopic (exact) mass is 461 g/mol. The zero-order chi connectivity index (χ0) is 24.2. The van der Waals surface area contributed by atoms with E-state index < -0.39 is 6.09 Å². The first-order valence-electron chi connectivity index (χ1n) is 10.3. The van der Waals surface area contributed by atoms with Gasteiger partial charge in [0.15, 0.2) is 0 Å². The summed E-state index contributed by atoms with van der Waals surface area (Å²) in [5.41, 5.74) is 17.5. The van der Waals surface area contributed by atoms with Gasteiger partial charge in [0, 0.05) is 6.54 Å². The lowest BCUT2D eigenvalue weighted by molar-refractivity contribution is -0.115. The molecule has 0 saturated carbocycles. The zero-order valence-corrected chi connectivity index (χ0v) is 18.5. The van der Waals surface area contributed by atoms with E-state index in [4.69, 9.17) is 31.8 Å². The van der Waals surface area contributed by atoms with Gasteiger partial charge in [0.1, 0.15) is 17.4 Å². The number of anilines is 4. The Morgan fingerprint density at radius 2 is 1.94 bits per heavy atom. The van der Waals surface area contributed by atoms with Crippen LogP contribution in [0.15, 0.2) is 36.4 Å². The summed E-state index contributed by atoms with van der Waals surface area (Å²) in [4.78, 5) is 28.3. The molecule has 12 heteroatoms. The van der Waals surface area contributed by atoms with E-state index in [1.165, 1.54) is 4.90 Å². The molecule has 0 spiro atoms. The molecule has 1 aromatic carbocycles. The lowest BCUT2D eigenvalue weighted by Gasteiger charge is -2.22. The maximum Gasteiger partial charge on any atom is 0.412 e. The van der Waals surface area contributed by atoms with Gasteiger partial charge >= 0.3 is 6.09 Å². The molecule has 12 nitrogen and oxygen atoms in total. The molecule has 33 heavy (non-hydrogen) atoms. The van der Waals surface area contributed by atoms with Crippen molar-refractivity contribution in [2.75, 3.05) is 56.1 Å². The van der Waals surface area contributed by atoms with Crippen molar-refractivity contribution in [1.82, 2.24) is 15.2 Å². The van der Waals surface area contributed by atoms with Crippen LogP contribution in [0.25, 0.3) is 0 Å². The maximum absolute atomic E-state index is 11.8. The second kappa shape index (κ2) is 12.9. The summed E-state index contributed by atoms with van der Waals surface area (Å²) in [5, 5.41) is 14.4. The number of aromatic nitrogens is 1. The molecular weight excluding hydrogens is 430 g/mol. The molecule has 1 aliphatic rings. The van der Waals surface area contributed by atoms with Gasteiger partial charge in [-0.05, 0) is 44.2 Å². The summed E-state index contributed by atoms with van der Waals surface area (Å²) in [6.07, 6.45) is 1.22. The molecule has 1 unspecified atom stereocenters. The molecule has 1 saturated heterocycles. The van der Waals surface area contributed by atoms with Gasteiger partial charge in [-0.25, -0.2) is 9.78 Å².